The molecule has 2 rings (SSSR count). The van der Waals surface area contributed by atoms with E-state index in [2.05, 4.69) is 27.3 Å². The van der Waals surface area contributed by atoms with Gasteiger partial charge in [0.1, 0.15) is 6.07 Å². The average molecular weight is 343 g/mol. The van der Waals surface area contributed by atoms with E-state index in [-0.39, 0.29) is 5.91 Å². The smallest absolute Gasteiger partial charge is 0.228 e. The number of amides is 1. The van der Waals surface area contributed by atoms with Gasteiger partial charge in [0.05, 0.1) is 17.7 Å². The standard InChI is InChI=1S/C17H15BrN2O/c1-11-3-4-13(7-12(11)2)8-17(21)20-16-9-15(18)6-5-14(16)10-19/h3-7,9H,8H2,1-2H3,(H,20,21). The van der Waals surface area contributed by atoms with E-state index in [1.807, 2.05) is 32.0 Å². The summed E-state index contributed by atoms with van der Waals surface area (Å²) in [5, 5.41) is 11.9. The van der Waals surface area contributed by atoms with Crippen LogP contribution in [0, 0.1) is 25.2 Å². The Morgan fingerprint density at radius 3 is 2.62 bits per heavy atom. The summed E-state index contributed by atoms with van der Waals surface area (Å²) in [5.74, 6) is -0.132. The van der Waals surface area contributed by atoms with Gasteiger partial charge in [-0.05, 0) is 48.7 Å². The van der Waals surface area contributed by atoms with Crippen molar-refractivity contribution in [3.8, 4) is 6.07 Å². The van der Waals surface area contributed by atoms with Crippen LogP contribution in [0.4, 0.5) is 5.69 Å². The van der Waals surface area contributed by atoms with Crippen molar-refractivity contribution in [2.45, 2.75) is 20.3 Å². The summed E-state index contributed by atoms with van der Waals surface area (Å²) in [5.41, 5.74) is 4.31. The average Bonchev–Trinajstić information content (AvgIpc) is 2.43. The Bertz CT molecular complexity index is 732. The van der Waals surface area contributed by atoms with E-state index in [0.29, 0.717) is 17.7 Å². The second-order valence-electron chi connectivity index (χ2n) is 4.95. The van der Waals surface area contributed by atoms with Gasteiger partial charge >= 0.3 is 0 Å². The summed E-state index contributed by atoms with van der Waals surface area (Å²) < 4.78 is 0.822. The molecule has 0 heterocycles. The number of nitrogens with zero attached hydrogens (tertiary/aromatic N) is 1. The number of carbonyl (C=O) groups is 1. The molecule has 4 heteroatoms. The fourth-order valence-corrected chi connectivity index (χ4v) is 2.37. The Kier molecular flexibility index (Phi) is 4.77. The van der Waals surface area contributed by atoms with E-state index in [9.17, 15) is 4.79 Å². The van der Waals surface area contributed by atoms with Gasteiger partial charge in [-0.15, -0.1) is 0 Å². The van der Waals surface area contributed by atoms with E-state index in [0.717, 1.165) is 10.0 Å². The van der Waals surface area contributed by atoms with Crippen LogP contribution >= 0.6 is 15.9 Å². The predicted molar refractivity (Wildman–Crippen MR) is 87.1 cm³/mol. The fourth-order valence-electron chi connectivity index (χ4n) is 2.01. The topological polar surface area (TPSA) is 52.9 Å². The largest absolute Gasteiger partial charge is 0.325 e. The first kappa shape index (κ1) is 15.3. The summed E-state index contributed by atoms with van der Waals surface area (Å²) in [4.78, 5) is 12.1. The maximum absolute atomic E-state index is 12.1. The number of carbonyl (C=O) groups excluding carboxylic acids is 1. The molecule has 1 amide bonds. The molecule has 0 saturated heterocycles. The number of aryl methyl sites for hydroxylation is 2. The van der Waals surface area contributed by atoms with Crippen LogP contribution < -0.4 is 5.32 Å². The van der Waals surface area contributed by atoms with Crippen molar-refractivity contribution in [3.05, 3.63) is 63.1 Å². The molecule has 2 aromatic rings. The highest BCUT2D eigenvalue weighted by Gasteiger charge is 2.09. The highest BCUT2D eigenvalue weighted by Crippen LogP contribution is 2.21. The lowest BCUT2D eigenvalue weighted by Gasteiger charge is -2.09. The van der Waals surface area contributed by atoms with Gasteiger partial charge in [-0.25, -0.2) is 0 Å². The van der Waals surface area contributed by atoms with Crippen molar-refractivity contribution < 1.29 is 4.79 Å². The summed E-state index contributed by atoms with van der Waals surface area (Å²) >= 11 is 3.34. The molecule has 0 atom stereocenters. The number of hydrogen-bond acceptors (Lipinski definition) is 2. The Labute approximate surface area is 132 Å². The van der Waals surface area contributed by atoms with Gasteiger partial charge in [0.15, 0.2) is 0 Å². The summed E-state index contributed by atoms with van der Waals surface area (Å²) in [6, 6.07) is 13.2. The Hall–Kier alpha value is -2.12. The molecule has 106 valence electrons. The third-order valence-electron chi connectivity index (χ3n) is 3.31. The van der Waals surface area contributed by atoms with Crippen LogP contribution in [-0.4, -0.2) is 5.91 Å². The Morgan fingerprint density at radius 1 is 1.19 bits per heavy atom. The Morgan fingerprint density at radius 2 is 1.95 bits per heavy atom. The number of rotatable bonds is 3. The van der Waals surface area contributed by atoms with Crippen molar-refractivity contribution in [2.24, 2.45) is 0 Å². The molecule has 21 heavy (non-hydrogen) atoms. The van der Waals surface area contributed by atoms with Crippen LogP contribution in [0.1, 0.15) is 22.3 Å². The number of hydrogen-bond donors (Lipinski definition) is 1. The van der Waals surface area contributed by atoms with E-state index in [1.165, 1.54) is 11.1 Å². The zero-order valence-corrected chi connectivity index (χ0v) is 13.5. The number of benzene rings is 2. The quantitative estimate of drug-likeness (QED) is 0.911. The van der Waals surface area contributed by atoms with Gasteiger partial charge in [-0.2, -0.15) is 5.26 Å². The first-order valence-corrected chi connectivity index (χ1v) is 7.34. The van der Waals surface area contributed by atoms with Crippen LogP contribution in [0.3, 0.4) is 0 Å². The van der Waals surface area contributed by atoms with Crippen molar-refractivity contribution in [1.29, 1.82) is 5.26 Å². The summed E-state index contributed by atoms with van der Waals surface area (Å²) in [6.45, 7) is 4.07. The maximum atomic E-state index is 12.1. The molecule has 0 aromatic heterocycles. The zero-order valence-electron chi connectivity index (χ0n) is 11.9. The molecule has 0 spiro atoms. The molecule has 0 aliphatic heterocycles. The number of halogens is 1. The molecule has 2 aromatic carbocycles. The molecule has 0 unspecified atom stereocenters. The molecule has 0 saturated carbocycles. The first-order valence-electron chi connectivity index (χ1n) is 6.55. The third-order valence-corrected chi connectivity index (χ3v) is 3.81. The summed E-state index contributed by atoms with van der Waals surface area (Å²) in [7, 11) is 0. The second kappa shape index (κ2) is 6.55. The predicted octanol–water partition coefficient (Wildman–Crippen LogP) is 4.12. The van der Waals surface area contributed by atoms with Crippen molar-refractivity contribution in [2.75, 3.05) is 5.32 Å². The maximum Gasteiger partial charge on any atom is 0.228 e. The van der Waals surface area contributed by atoms with Crippen molar-refractivity contribution >= 4 is 27.5 Å². The molecule has 0 fully saturated rings. The van der Waals surface area contributed by atoms with E-state index in [1.54, 1.807) is 18.2 Å². The van der Waals surface area contributed by atoms with Crippen LogP contribution in [0.25, 0.3) is 0 Å². The molecular weight excluding hydrogens is 328 g/mol. The van der Waals surface area contributed by atoms with Crippen molar-refractivity contribution in [3.63, 3.8) is 0 Å². The molecule has 0 aliphatic rings. The van der Waals surface area contributed by atoms with Gasteiger partial charge < -0.3 is 5.32 Å². The molecule has 0 radical (unpaired) electrons. The highest BCUT2D eigenvalue weighted by molar-refractivity contribution is 9.10. The van der Waals surface area contributed by atoms with Crippen LogP contribution in [-0.2, 0) is 11.2 Å². The lowest BCUT2D eigenvalue weighted by molar-refractivity contribution is -0.115. The first-order chi connectivity index (χ1) is 9.99. The molecule has 1 N–H and O–H groups in total. The number of nitriles is 1. The van der Waals surface area contributed by atoms with Crippen LogP contribution in [0.15, 0.2) is 40.9 Å². The van der Waals surface area contributed by atoms with Crippen LogP contribution in [0.5, 0.6) is 0 Å². The molecule has 0 bridgehead atoms. The molecule has 3 nitrogen and oxygen atoms in total. The van der Waals surface area contributed by atoms with Crippen molar-refractivity contribution in [1.82, 2.24) is 0 Å². The monoisotopic (exact) mass is 342 g/mol. The van der Waals surface area contributed by atoms with Gasteiger partial charge in [0.2, 0.25) is 5.91 Å². The fraction of sp³-hybridized carbons (Fsp3) is 0.176. The Balaban J connectivity index is 2.13. The van der Waals surface area contributed by atoms with E-state index in [4.69, 9.17) is 5.26 Å². The highest BCUT2D eigenvalue weighted by atomic mass is 79.9. The lowest BCUT2D eigenvalue weighted by Crippen LogP contribution is -2.15. The summed E-state index contributed by atoms with van der Waals surface area (Å²) in [6.07, 6.45) is 0.290. The number of nitrogens with one attached hydrogen (secondary N) is 1. The van der Waals surface area contributed by atoms with Gasteiger partial charge in [-0.3, -0.25) is 4.79 Å². The minimum absolute atomic E-state index is 0.132. The lowest BCUT2D eigenvalue weighted by atomic mass is 10.0. The zero-order chi connectivity index (χ0) is 15.4. The molecular formula is C17H15BrN2O. The van der Waals surface area contributed by atoms with Gasteiger partial charge in [0, 0.05) is 4.47 Å². The van der Waals surface area contributed by atoms with E-state index < -0.39 is 0 Å². The minimum Gasteiger partial charge on any atom is -0.325 e. The third kappa shape index (κ3) is 3.93. The second-order valence-corrected chi connectivity index (χ2v) is 5.86. The normalized spacial score (nSPS) is 10.0. The SMILES string of the molecule is Cc1ccc(CC(=O)Nc2cc(Br)ccc2C#N)cc1C. The van der Waals surface area contributed by atoms with Gasteiger partial charge in [-0.1, -0.05) is 34.1 Å². The van der Waals surface area contributed by atoms with Crippen LogP contribution in [0.2, 0.25) is 0 Å². The minimum atomic E-state index is -0.132. The molecule has 0 aliphatic carbocycles. The van der Waals surface area contributed by atoms with Gasteiger partial charge in [0.25, 0.3) is 0 Å². The van der Waals surface area contributed by atoms with E-state index >= 15 is 0 Å². The number of anilines is 1.